The fraction of sp³-hybridized carbons (Fsp3) is 0.381. The molecule has 0 aliphatic carbocycles. The molecule has 2 aliphatic heterocycles. The van der Waals surface area contributed by atoms with E-state index in [-0.39, 0.29) is 16.8 Å². The van der Waals surface area contributed by atoms with E-state index in [1.807, 2.05) is 14.1 Å². The van der Waals surface area contributed by atoms with E-state index in [0.717, 1.165) is 11.1 Å². The molecule has 4 rings (SSSR count). The third-order valence-corrected chi connectivity index (χ3v) is 6.92. The normalized spacial score (nSPS) is 18.1. The molecule has 0 fully saturated rings. The van der Waals surface area contributed by atoms with Crippen molar-refractivity contribution in [1.82, 2.24) is 4.90 Å². The Labute approximate surface area is 176 Å². The van der Waals surface area contributed by atoms with Gasteiger partial charge in [0.2, 0.25) is 5.91 Å². The van der Waals surface area contributed by atoms with Crippen LogP contribution in [0.1, 0.15) is 17.5 Å². The van der Waals surface area contributed by atoms with Gasteiger partial charge in [-0.3, -0.25) is 9.52 Å². The van der Waals surface area contributed by atoms with Crippen LogP contribution in [0.25, 0.3) is 0 Å². The zero-order valence-electron chi connectivity index (χ0n) is 17.2. The first kappa shape index (κ1) is 20.5. The van der Waals surface area contributed by atoms with Gasteiger partial charge in [-0.1, -0.05) is 0 Å². The predicted molar refractivity (Wildman–Crippen MR) is 114 cm³/mol. The van der Waals surface area contributed by atoms with Crippen molar-refractivity contribution in [3.8, 4) is 11.5 Å². The number of nitrogens with one attached hydrogen (secondary N) is 2. The summed E-state index contributed by atoms with van der Waals surface area (Å²) in [5, 5.41) is 2.76. The van der Waals surface area contributed by atoms with Crippen LogP contribution in [0.5, 0.6) is 11.5 Å². The Morgan fingerprint density at radius 3 is 2.73 bits per heavy atom. The minimum Gasteiger partial charge on any atom is -0.496 e. The van der Waals surface area contributed by atoms with Crippen LogP contribution < -0.4 is 19.5 Å². The van der Waals surface area contributed by atoms with E-state index >= 15 is 0 Å². The number of fused-ring (bicyclic) bond motifs is 2. The monoisotopic (exact) mass is 431 g/mol. The van der Waals surface area contributed by atoms with Gasteiger partial charge in [0, 0.05) is 23.7 Å². The van der Waals surface area contributed by atoms with Crippen molar-refractivity contribution in [3.63, 3.8) is 0 Å². The number of sulfonamides is 1. The molecule has 0 bridgehead atoms. The Kier molecular flexibility index (Phi) is 5.33. The van der Waals surface area contributed by atoms with E-state index in [1.54, 1.807) is 31.4 Å². The van der Waals surface area contributed by atoms with Crippen LogP contribution in [0, 0.1) is 0 Å². The van der Waals surface area contributed by atoms with Crippen LogP contribution in [0.4, 0.5) is 11.4 Å². The molecule has 9 heteroatoms. The molecule has 0 saturated carbocycles. The van der Waals surface area contributed by atoms with Gasteiger partial charge in [-0.25, -0.2) is 8.42 Å². The molecule has 0 unspecified atom stereocenters. The first-order valence-corrected chi connectivity index (χ1v) is 11.2. The number of hydrogen-bond donors (Lipinski definition) is 2. The summed E-state index contributed by atoms with van der Waals surface area (Å²) in [6.45, 7) is 0.459. The van der Waals surface area contributed by atoms with Crippen molar-refractivity contribution in [2.45, 2.75) is 30.2 Å². The van der Waals surface area contributed by atoms with Gasteiger partial charge >= 0.3 is 0 Å². The molecule has 2 aromatic carbocycles. The van der Waals surface area contributed by atoms with Gasteiger partial charge in [0.1, 0.15) is 18.1 Å². The average Bonchev–Trinajstić information content (AvgIpc) is 2.72. The maximum absolute atomic E-state index is 13.1. The molecular weight excluding hydrogens is 406 g/mol. The number of rotatable bonds is 5. The summed E-state index contributed by atoms with van der Waals surface area (Å²) in [7, 11) is 1.72. The number of ether oxygens (including phenoxy) is 2. The summed E-state index contributed by atoms with van der Waals surface area (Å²) in [6.07, 6.45) is 1.55. The molecule has 0 radical (unpaired) electrons. The van der Waals surface area contributed by atoms with Gasteiger partial charge < -0.3 is 19.7 Å². The largest absolute Gasteiger partial charge is 0.496 e. The van der Waals surface area contributed by atoms with Crippen LogP contribution in [0.3, 0.4) is 0 Å². The number of methoxy groups -OCH3 is 1. The van der Waals surface area contributed by atoms with Crippen LogP contribution in [-0.2, 0) is 27.7 Å². The minimum atomic E-state index is -3.84. The lowest BCUT2D eigenvalue weighted by Gasteiger charge is -2.32. The van der Waals surface area contributed by atoms with E-state index < -0.39 is 10.0 Å². The van der Waals surface area contributed by atoms with Crippen LogP contribution in [0.2, 0.25) is 0 Å². The summed E-state index contributed by atoms with van der Waals surface area (Å²) >= 11 is 0. The molecule has 0 spiro atoms. The van der Waals surface area contributed by atoms with Crippen molar-refractivity contribution in [2.24, 2.45) is 0 Å². The second-order valence-corrected chi connectivity index (χ2v) is 9.41. The Balaban J connectivity index is 1.66. The number of hydrogen-bond acceptors (Lipinski definition) is 6. The topological polar surface area (TPSA) is 97.0 Å². The molecule has 2 heterocycles. The number of aryl methyl sites for hydroxylation is 1. The molecule has 160 valence electrons. The summed E-state index contributed by atoms with van der Waals surface area (Å²) in [4.78, 5) is 13.8. The highest BCUT2D eigenvalue weighted by atomic mass is 32.2. The van der Waals surface area contributed by atoms with Crippen LogP contribution in [0.15, 0.2) is 35.2 Å². The van der Waals surface area contributed by atoms with Crippen molar-refractivity contribution in [1.29, 1.82) is 0 Å². The summed E-state index contributed by atoms with van der Waals surface area (Å²) in [5.74, 6) is 1.11. The molecule has 1 atom stereocenters. The lowest BCUT2D eigenvalue weighted by atomic mass is 10.00. The van der Waals surface area contributed by atoms with E-state index in [4.69, 9.17) is 9.47 Å². The number of amides is 1. The molecule has 2 N–H and O–H groups in total. The Bertz CT molecular complexity index is 1100. The zero-order valence-corrected chi connectivity index (χ0v) is 18.0. The molecule has 2 aliphatic rings. The van der Waals surface area contributed by atoms with Crippen molar-refractivity contribution in [3.05, 3.63) is 41.5 Å². The molecule has 1 amide bonds. The van der Waals surface area contributed by atoms with Gasteiger partial charge in [0.05, 0.1) is 17.7 Å². The van der Waals surface area contributed by atoms with Gasteiger partial charge in [0.15, 0.2) is 0 Å². The first-order chi connectivity index (χ1) is 14.3. The van der Waals surface area contributed by atoms with Crippen molar-refractivity contribution in [2.75, 3.05) is 37.9 Å². The Hall–Kier alpha value is -2.78. The quantitative estimate of drug-likeness (QED) is 0.754. The molecule has 0 aromatic heterocycles. The number of likely N-dealkylation sites (N-methyl/N-ethyl adjacent to an activating group) is 1. The van der Waals surface area contributed by atoms with Crippen LogP contribution >= 0.6 is 0 Å². The third-order valence-electron chi connectivity index (χ3n) is 5.55. The van der Waals surface area contributed by atoms with Gasteiger partial charge in [0.25, 0.3) is 10.0 Å². The lowest BCUT2D eigenvalue weighted by Crippen LogP contribution is -2.38. The van der Waals surface area contributed by atoms with E-state index in [1.165, 1.54) is 6.07 Å². The second kappa shape index (κ2) is 7.81. The first-order valence-electron chi connectivity index (χ1n) is 9.73. The highest BCUT2D eigenvalue weighted by molar-refractivity contribution is 7.92. The second-order valence-electron chi connectivity index (χ2n) is 7.73. The molecule has 0 saturated heterocycles. The number of nitrogens with zero attached hydrogens (tertiary/aromatic N) is 1. The number of anilines is 2. The zero-order chi connectivity index (χ0) is 21.5. The molecule has 2 aromatic rings. The number of carbonyl (C=O) groups excluding carboxylic acids is 1. The highest BCUT2D eigenvalue weighted by Gasteiger charge is 2.29. The van der Waals surface area contributed by atoms with E-state index in [0.29, 0.717) is 48.7 Å². The summed E-state index contributed by atoms with van der Waals surface area (Å²) in [5.41, 5.74) is 2.69. The minimum absolute atomic E-state index is 0.0609. The number of benzene rings is 2. The fourth-order valence-electron chi connectivity index (χ4n) is 3.78. The van der Waals surface area contributed by atoms with Crippen molar-refractivity contribution < 1.29 is 22.7 Å². The SMILES string of the molecule is COc1ccc(NS(=O)(=O)c2ccc3c(c2)CCC(=O)N3)c2c1C[C@@H](N(C)C)CO2. The summed E-state index contributed by atoms with van der Waals surface area (Å²) in [6, 6.07) is 8.31. The van der Waals surface area contributed by atoms with Gasteiger partial charge in [-0.05, 0) is 62.8 Å². The maximum atomic E-state index is 13.1. The van der Waals surface area contributed by atoms with Gasteiger partial charge in [-0.15, -0.1) is 0 Å². The smallest absolute Gasteiger partial charge is 0.262 e. The van der Waals surface area contributed by atoms with E-state index in [9.17, 15) is 13.2 Å². The standard InChI is InChI=1S/C21H25N3O5S/c1-24(2)14-11-16-19(28-3)8-7-18(21(16)29-12-14)23-30(26,27)15-5-6-17-13(10-15)4-9-20(25)22-17/h5-8,10,14,23H,4,9,11-12H2,1-3H3,(H,22,25)/t14-/m1/s1. The molecule has 30 heavy (non-hydrogen) atoms. The third kappa shape index (κ3) is 3.82. The molecule has 8 nitrogen and oxygen atoms in total. The predicted octanol–water partition coefficient (Wildman–Crippen LogP) is 2.25. The van der Waals surface area contributed by atoms with Gasteiger partial charge in [-0.2, -0.15) is 0 Å². The fourth-order valence-corrected chi connectivity index (χ4v) is 4.89. The highest BCUT2D eigenvalue weighted by Crippen LogP contribution is 2.40. The maximum Gasteiger partial charge on any atom is 0.262 e. The lowest BCUT2D eigenvalue weighted by molar-refractivity contribution is -0.116. The summed E-state index contributed by atoms with van der Waals surface area (Å²) < 4.78 is 40.2. The van der Waals surface area contributed by atoms with Crippen molar-refractivity contribution >= 4 is 27.3 Å². The Morgan fingerprint density at radius 2 is 2.00 bits per heavy atom. The van der Waals surface area contributed by atoms with E-state index in [2.05, 4.69) is 14.9 Å². The average molecular weight is 432 g/mol. The van der Waals surface area contributed by atoms with Crippen LogP contribution in [-0.4, -0.2) is 53.1 Å². The number of carbonyl (C=O) groups is 1. The molecular formula is C21H25N3O5S. The Morgan fingerprint density at radius 1 is 1.20 bits per heavy atom.